The van der Waals surface area contributed by atoms with Crippen LogP contribution in [-0.4, -0.2) is 62.7 Å². The number of alkyl halides is 18. The first-order valence-corrected chi connectivity index (χ1v) is 6.51. The minimum atomic E-state index is -7.18. The summed E-state index contributed by atoms with van der Waals surface area (Å²) in [4.78, 5) is 0. The van der Waals surface area contributed by atoms with Gasteiger partial charge in [0, 0.05) is 0 Å². The van der Waals surface area contributed by atoms with E-state index in [1.54, 1.807) is 0 Å². The third kappa shape index (κ3) is 5.93. The summed E-state index contributed by atoms with van der Waals surface area (Å²) in [7, 11) is -5.50. The fourth-order valence-corrected chi connectivity index (χ4v) is 1.22. The smallest absolute Gasteiger partial charge is 0.341 e. The largest absolute Gasteiger partial charge is 0.647 e. The van der Waals surface area contributed by atoms with Gasteiger partial charge in [0.1, 0.15) is 0 Å². The Labute approximate surface area is 157 Å². The molecule has 0 rings (SSSR count). The van der Waals surface area contributed by atoms with Gasteiger partial charge in [0.2, 0.25) is 0 Å². The van der Waals surface area contributed by atoms with E-state index in [2.05, 4.69) is 14.0 Å². The van der Waals surface area contributed by atoms with Crippen LogP contribution in [0, 0.1) is 0 Å². The second-order valence-corrected chi connectivity index (χ2v) is 4.97. The molecule has 0 aliphatic rings. The minimum Gasteiger partial charge on any atom is -0.341 e. The second kappa shape index (κ2) is 8.91. The van der Waals surface area contributed by atoms with Crippen molar-refractivity contribution < 1.29 is 93.0 Å². The maximum Gasteiger partial charge on any atom is 0.647 e. The van der Waals surface area contributed by atoms with Crippen LogP contribution in [0.2, 0.25) is 0 Å². The molecule has 0 radical (unpaired) electrons. The van der Waals surface area contributed by atoms with Gasteiger partial charge in [0.15, 0.2) is 0 Å². The van der Waals surface area contributed by atoms with Crippen LogP contribution in [0.15, 0.2) is 0 Å². The molecule has 186 valence electrons. The lowest BCUT2D eigenvalue weighted by atomic mass is 10.1. The molecule has 3 atom stereocenters. The summed E-state index contributed by atoms with van der Waals surface area (Å²) < 4.78 is 232. The van der Waals surface area contributed by atoms with Crippen molar-refractivity contribution in [3.05, 3.63) is 0 Å². The lowest BCUT2D eigenvalue weighted by Crippen LogP contribution is -2.62. The summed E-state index contributed by atoms with van der Waals surface area (Å²) in [6.45, 7) is 0. The minimum absolute atomic E-state index is 2.21. The predicted molar refractivity (Wildman–Crippen MR) is 56.7 cm³/mol. The molecule has 31 heavy (non-hydrogen) atoms. The first kappa shape index (κ1) is 29.7. The van der Waals surface area contributed by atoms with Crippen molar-refractivity contribution in [3.63, 3.8) is 0 Å². The summed E-state index contributed by atoms with van der Waals surface area (Å²) in [5.41, 5.74) is 0. The van der Waals surface area contributed by atoms with Gasteiger partial charge in [-0.3, -0.25) is 0 Å². The first-order chi connectivity index (χ1) is 13.4. The van der Waals surface area contributed by atoms with Gasteiger partial charge < -0.3 is 14.0 Å². The van der Waals surface area contributed by atoms with Crippen molar-refractivity contribution in [1.29, 1.82) is 0 Å². The second-order valence-electron chi connectivity index (χ2n) is 4.97. The van der Waals surface area contributed by atoms with Gasteiger partial charge in [0.25, 0.3) is 0 Å². The van der Waals surface area contributed by atoms with Gasteiger partial charge in [-0.2, -0.15) is 52.7 Å². The molecule has 0 N–H and O–H groups in total. The highest BCUT2D eigenvalue weighted by Gasteiger charge is 2.74. The third-order valence-electron chi connectivity index (χ3n) is 2.80. The Balaban J connectivity index is 6.58. The summed E-state index contributed by atoms with van der Waals surface area (Å²) in [5, 5.41) is 0. The fraction of sp³-hybridized carbons (Fsp3) is 1.00. The lowest BCUT2D eigenvalue weighted by Gasteiger charge is -2.36. The Kier molecular flexibility index (Phi) is 8.53. The monoisotopic (exact) mass is 512 g/mol. The Morgan fingerprint density at radius 2 is 0.548 bits per heavy atom. The zero-order chi connectivity index (χ0) is 25.4. The van der Waals surface area contributed by atoms with E-state index < -0.39 is 62.7 Å². The predicted octanol–water partition coefficient (Wildman–Crippen LogP) is 5.50. The SMILES string of the molecule is FC(F)[C@](F)(OB(O[C@](F)(C(F)F)C(F)(F)F)O[C@](F)(C(F)F)C(F)(F)F)C(F)(F)F. The molecule has 3 nitrogen and oxygen atoms in total. The molecule has 0 fully saturated rings. The van der Waals surface area contributed by atoms with E-state index in [0.717, 1.165) is 0 Å². The molecule has 0 aromatic rings. The Morgan fingerprint density at radius 1 is 0.387 bits per heavy atom. The highest BCUT2D eigenvalue weighted by molar-refractivity contribution is 6.37. The Bertz CT molecular complexity index is 508. The van der Waals surface area contributed by atoms with E-state index in [1.807, 2.05) is 0 Å². The quantitative estimate of drug-likeness (QED) is 0.302. The maximum absolute atomic E-state index is 13.4. The molecule has 0 unspecified atom stereocenters. The van der Waals surface area contributed by atoms with Crippen molar-refractivity contribution in [2.45, 2.75) is 55.4 Å². The first-order valence-electron chi connectivity index (χ1n) is 6.51. The van der Waals surface area contributed by atoms with E-state index in [1.165, 1.54) is 0 Å². The molecular weight excluding hydrogens is 509 g/mol. The Hall–Kier alpha value is -1.32. The van der Waals surface area contributed by atoms with Gasteiger partial charge in [-0.05, 0) is 0 Å². The number of hydrogen-bond donors (Lipinski definition) is 0. The molecule has 0 saturated carbocycles. The molecule has 0 aromatic heterocycles. The fourth-order valence-electron chi connectivity index (χ4n) is 1.22. The van der Waals surface area contributed by atoms with Crippen LogP contribution < -0.4 is 0 Å². The number of hydrogen-bond acceptors (Lipinski definition) is 3. The van der Waals surface area contributed by atoms with Gasteiger partial charge >= 0.3 is 62.7 Å². The number of rotatable bonds is 9. The van der Waals surface area contributed by atoms with E-state index >= 15 is 0 Å². The average molecular weight is 512 g/mol. The molecule has 0 amide bonds. The molecule has 0 spiro atoms. The van der Waals surface area contributed by atoms with Crippen molar-refractivity contribution in [2.75, 3.05) is 0 Å². The average Bonchev–Trinajstić information content (AvgIpc) is 2.50. The van der Waals surface area contributed by atoms with Crippen LogP contribution >= 0.6 is 0 Å². The van der Waals surface area contributed by atoms with E-state index in [0.29, 0.717) is 0 Å². The van der Waals surface area contributed by atoms with Crippen molar-refractivity contribution in [2.24, 2.45) is 0 Å². The van der Waals surface area contributed by atoms with Crippen molar-refractivity contribution in [3.8, 4) is 0 Å². The van der Waals surface area contributed by atoms with E-state index in [-0.39, 0.29) is 0 Å². The number of halogens is 18. The molecule has 0 aliphatic carbocycles. The van der Waals surface area contributed by atoms with E-state index in [9.17, 15) is 79.0 Å². The molecule has 0 bridgehead atoms. The van der Waals surface area contributed by atoms with Gasteiger partial charge in [-0.15, -0.1) is 0 Å². The van der Waals surface area contributed by atoms with Crippen LogP contribution in [0.3, 0.4) is 0 Å². The topological polar surface area (TPSA) is 27.7 Å². The van der Waals surface area contributed by atoms with Crippen LogP contribution in [0.4, 0.5) is 79.0 Å². The standard InChI is InChI=1S/C9H3BF18O3/c11-1(12)4(17,7(20,21)22)29-10(30-5(18,2(13)14)8(23,24)25)31-6(19,3(15)16)9(26,27)28/h1-3H/t4-,5-,6+/m1/s1. The molecule has 0 aliphatic heterocycles. The highest BCUT2D eigenvalue weighted by Crippen LogP contribution is 2.47. The molecular formula is C9H3BF18O3. The normalized spacial score (nSPS) is 20.0. The van der Waals surface area contributed by atoms with Crippen LogP contribution in [0.1, 0.15) is 0 Å². The highest BCUT2D eigenvalue weighted by atomic mass is 19.4. The van der Waals surface area contributed by atoms with Gasteiger partial charge in [0.05, 0.1) is 0 Å². The van der Waals surface area contributed by atoms with Crippen LogP contribution in [-0.2, 0) is 14.0 Å². The summed E-state index contributed by atoms with van der Waals surface area (Å²) >= 11 is 0. The summed E-state index contributed by atoms with van der Waals surface area (Å²) in [5.74, 6) is -20.5. The molecule has 0 heterocycles. The van der Waals surface area contributed by atoms with Crippen molar-refractivity contribution in [1.82, 2.24) is 0 Å². The summed E-state index contributed by atoms with van der Waals surface area (Å²) in [6.07, 6.45) is -38.6. The zero-order valence-corrected chi connectivity index (χ0v) is 13.3. The van der Waals surface area contributed by atoms with E-state index in [4.69, 9.17) is 0 Å². The van der Waals surface area contributed by atoms with Gasteiger partial charge in [-0.25, -0.2) is 26.3 Å². The third-order valence-corrected chi connectivity index (χ3v) is 2.80. The van der Waals surface area contributed by atoms with Crippen molar-refractivity contribution >= 4 is 7.32 Å². The lowest BCUT2D eigenvalue weighted by molar-refractivity contribution is -0.391. The Morgan fingerprint density at radius 3 is 0.645 bits per heavy atom. The van der Waals surface area contributed by atoms with Gasteiger partial charge in [-0.1, -0.05) is 0 Å². The maximum atomic E-state index is 13.4. The zero-order valence-electron chi connectivity index (χ0n) is 13.3. The molecule has 0 aromatic carbocycles. The van der Waals surface area contributed by atoms with Crippen LogP contribution in [0.25, 0.3) is 0 Å². The molecule has 22 heteroatoms. The molecule has 0 saturated heterocycles. The summed E-state index contributed by atoms with van der Waals surface area (Å²) in [6, 6.07) is 0. The van der Waals surface area contributed by atoms with Crippen LogP contribution in [0.5, 0.6) is 0 Å².